The van der Waals surface area contributed by atoms with E-state index >= 15 is 0 Å². The molecule has 2 saturated heterocycles. The highest BCUT2D eigenvalue weighted by molar-refractivity contribution is 9.10. The highest BCUT2D eigenvalue weighted by Gasteiger charge is 2.40. The van der Waals surface area contributed by atoms with E-state index in [2.05, 4.69) is 56.6 Å². The van der Waals surface area contributed by atoms with Crippen molar-refractivity contribution in [3.63, 3.8) is 0 Å². The molecule has 0 aliphatic carbocycles. The summed E-state index contributed by atoms with van der Waals surface area (Å²) in [7, 11) is 0. The van der Waals surface area contributed by atoms with Crippen molar-refractivity contribution in [2.45, 2.75) is 32.4 Å². The molecule has 114 valence electrons. The Hall–Kier alpha value is -1.07. The van der Waals surface area contributed by atoms with Crippen LogP contribution in [-0.4, -0.2) is 31.6 Å². The van der Waals surface area contributed by atoms with Gasteiger partial charge in [-0.05, 0) is 37.1 Å². The average molecular weight is 352 g/mol. The van der Waals surface area contributed by atoms with Crippen LogP contribution in [0.5, 0.6) is 0 Å². The minimum absolute atomic E-state index is 0.166. The Morgan fingerprint density at radius 3 is 3.10 bits per heavy atom. The second-order valence-electron chi connectivity index (χ2n) is 5.81. The second-order valence-corrected chi connectivity index (χ2v) is 6.66. The summed E-state index contributed by atoms with van der Waals surface area (Å²) in [6.45, 7) is 5.77. The largest absolute Gasteiger partial charge is 0.366 e. The monoisotopic (exact) mass is 351 g/mol. The van der Waals surface area contributed by atoms with E-state index < -0.39 is 0 Å². The van der Waals surface area contributed by atoms with Crippen LogP contribution in [0.4, 0.5) is 5.69 Å². The SMILES string of the molecule is CCNCc1ccc(N2CCCC3C(=O)NCC32)cc1Br. The minimum atomic E-state index is 0.166. The first-order chi connectivity index (χ1) is 10.2. The smallest absolute Gasteiger partial charge is 0.225 e. The van der Waals surface area contributed by atoms with Crippen molar-refractivity contribution in [1.29, 1.82) is 0 Å². The first-order valence-electron chi connectivity index (χ1n) is 7.74. The molecule has 4 nitrogen and oxygen atoms in total. The molecule has 1 aromatic carbocycles. The molecule has 0 aromatic heterocycles. The number of halogens is 1. The van der Waals surface area contributed by atoms with Crippen molar-refractivity contribution < 1.29 is 4.79 Å². The lowest BCUT2D eigenvalue weighted by Gasteiger charge is -2.38. The zero-order valence-electron chi connectivity index (χ0n) is 12.4. The topological polar surface area (TPSA) is 44.4 Å². The molecule has 21 heavy (non-hydrogen) atoms. The third-order valence-electron chi connectivity index (χ3n) is 4.53. The molecule has 1 amide bonds. The molecular weight excluding hydrogens is 330 g/mol. The minimum Gasteiger partial charge on any atom is -0.366 e. The number of hydrogen-bond donors (Lipinski definition) is 2. The van der Waals surface area contributed by atoms with Gasteiger partial charge in [0.25, 0.3) is 0 Å². The Morgan fingerprint density at radius 1 is 1.48 bits per heavy atom. The third kappa shape index (κ3) is 2.94. The predicted octanol–water partition coefficient (Wildman–Crippen LogP) is 2.27. The number of rotatable bonds is 4. The number of fused-ring (bicyclic) bond motifs is 1. The molecule has 2 atom stereocenters. The molecule has 2 aliphatic rings. The quantitative estimate of drug-likeness (QED) is 0.874. The Balaban J connectivity index is 1.80. The van der Waals surface area contributed by atoms with Crippen molar-refractivity contribution >= 4 is 27.5 Å². The molecule has 0 saturated carbocycles. The summed E-state index contributed by atoms with van der Waals surface area (Å²) in [6.07, 6.45) is 2.11. The lowest BCUT2D eigenvalue weighted by atomic mass is 9.91. The number of amides is 1. The van der Waals surface area contributed by atoms with Crippen molar-refractivity contribution in [3.8, 4) is 0 Å². The van der Waals surface area contributed by atoms with Crippen LogP contribution in [0.1, 0.15) is 25.3 Å². The number of benzene rings is 1. The first kappa shape index (κ1) is 14.9. The van der Waals surface area contributed by atoms with E-state index in [0.29, 0.717) is 6.04 Å². The van der Waals surface area contributed by atoms with Crippen molar-refractivity contribution in [1.82, 2.24) is 10.6 Å². The van der Waals surface area contributed by atoms with Gasteiger partial charge in [-0.2, -0.15) is 0 Å². The van der Waals surface area contributed by atoms with Crippen LogP contribution in [0.2, 0.25) is 0 Å². The maximum Gasteiger partial charge on any atom is 0.225 e. The van der Waals surface area contributed by atoms with E-state index in [1.54, 1.807) is 0 Å². The number of hydrogen-bond acceptors (Lipinski definition) is 3. The van der Waals surface area contributed by atoms with E-state index in [1.807, 2.05) is 0 Å². The average Bonchev–Trinajstić information content (AvgIpc) is 2.88. The number of anilines is 1. The highest BCUT2D eigenvalue weighted by Crippen LogP contribution is 2.33. The zero-order valence-corrected chi connectivity index (χ0v) is 13.9. The summed E-state index contributed by atoms with van der Waals surface area (Å²) in [4.78, 5) is 14.3. The number of piperidine rings is 1. The van der Waals surface area contributed by atoms with Gasteiger partial charge in [-0.1, -0.05) is 28.9 Å². The Labute approximate surface area is 134 Å². The van der Waals surface area contributed by atoms with Gasteiger partial charge in [0.05, 0.1) is 12.0 Å². The summed E-state index contributed by atoms with van der Waals surface area (Å²) < 4.78 is 1.14. The van der Waals surface area contributed by atoms with Gasteiger partial charge in [-0.3, -0.25) is 4.79 Å². The molecule has 0 spiro atoms. The number of carbonyl (C=O) groups excluding carboxylic acids is 1. The summed E-state index contributed by atoms with van der Waals surface area (Å²) in [6, 6.07) is 6.87. The maximum absolute atomic E-state index is 11.9. The molecule has 3 rings (SSSR count). The van der Waals surface area contributed by atoms with E-state index in [1.165, 1.54) is 11.3 Å². The van der Waals surface area contributed by atoms with Gasteiger partial charge in [0, 0.05) is 29.8 Å². The molecule has 0 radical (unpaired) electrons. The van der Waals surface area contributed by atoms with Crippen LogP contribution in [-0.2, 0) is 11.3 Å². The van der Waals surface area contributed by atoms with Crippen LogP contribution in [0.3, 0.4) is 0 Å². The fourth-order valence-electron chi connectivity index (χ4n) is 3.39. The van der Waals surface area contributed by atoms with E-state index in [0.717, 1.165) is 43.5 Å². The van der Waals surface area contributed by atoms with E-state index in [9.17, 15) is 4.79 Å². The molecule has 2 aliphatic heterocycles. The molecular formula is C16H22BrN3O. The van der Waals surface area contributed by atoms with Crippen LogP contribution >= 0.6 is 15.9 Å². The zero-order chi connectivity index (χ0) is 14.8. The lowest BCUT2D eigenvalue weighted by molar-refractivity contribution is -0.122. The molecule has 2 N–H and O–H groups in total. The standard InChI is InChI=1S/C16H22BrN3O/c1-2-18-9-11-5-6-12(8-14(11)17)20-7-3-4-13-15(20)10-19-16(13)21/h5-6,8,13,15,18H,2-4,7,9-10H2,1H3,(H,19,21). The Morgan fingerprint density at radius 2 is 2.33 bits per heavy atom. The van der Waals surface area contributed by atoms with Crippen molar-refractivity contribution in [2.75, 3.05) is 24.5 Å². The predicted molar refractivity (Wildman–Crippen MR) is 88.4 cm³/mol. The highest BCUT2D eigenvalue weighted by atomic mass is 79.9. The molecule has 2 unspecified atom stereocenters. The normalized spacial score (nSPS) is 24.9. The maximum atomic E-state index is 11.9. The van der Waals surface area contributed by atoms with Crippen LogP contribution in [0.25, 0.3) is 0 Å². The fraction of sp³-hybridized carbons (Fsp3) is 0.562. The fourth-order valence-corrected chi connectivity index (χ4v) is 3.90. The van der Waals surface area contributed by atoms with E-state index in [-0.39, 0.29) is 11.8 Å². The van der Waals surface area contributed by atoms with Gasteiger partial charge in [-0.25, -0.2) is 0 Å². The van der Waals surface area contributed by atoms with Gasteiger partial charge in [0.2, 0.25) is 5.91 Å². The van der Waals surface area contributed by atoms with Gasteiger partial charge in [0.1, 0.15) is 0 Å². The van der Waals surface area contributed by atoms with Gasteiger partial charge in [-0.15, -0.1) is 0 Å². The molecule has 2 fully saturated rings. The van der Waals surface area contributed by atoms with Crippen LogP contribution in [0.15, 0.2) is 22.7 Å². The van der Waals surface area contributed by atoms with Gasteiger partial charge >= 0.3 is 0 Å². The third-order valence-corrected chi connectivity index (χ3v) is 5.27. The molecule has 2 heterocycles. The molecule has 1 aromatic rings. The lowest BCUT2D eigenvalue weighted by Crippen LogP contribution is -2.45. The number of carbonyl (C=O) groups is 1. The van der Waals surface area contributed by atoms with Crippen molar-refractivity contribution in [2.24, 2.45) is 5.92 Å². The van der Waals surface area contributed by atoms with E-state index in [4.69, 9.17) is 0 Å². The summed E-state index contributed by atoms with van der Waals surface area (Å²) in [5.41, 5.74) is 2.49. The van der Waals surface area contributed by atoms with Crippen LogP contribution < -0.4 is 15.5 Å². The summed E-state index contributed by atoms with van der Waals surface area (Å²) >= 11 is 3.68. The van der Waals surface area contributed by atoms with Gasteiger partial charge in [0.15, 0.2) is 0 Å². The number of nitrogens with zero attached hydrogens (tertiary/aromatic N) is 1. The van der Waals surface area contributed by atoms with Gasteiger partial charge < -0.3 is 15.5 Å². The molecule has 0 bridgehead atoms. The molecule has 5 heteroatoms. The second kappa shape index (κ2) is 6.36. The summed E-state index contributed by atoms with van der Waals surface area (Å²) in [5, 5.41) is 6.36. The van der Waals surface area contributed by atoms with Crippen LogP contribution in [0, 0.1) is 5.92 Å². The Kier molecular flexibility index (Phi) is 4.50. The first-order valence-corrected chi connectivity index (χ1v) is 8.53. The summed E-state index contributed by atoms with van der Waals surface area (Å²) in [5.74, 6) is 0.395. The number of nitrogens with one attached hydrogen (secondary N) is 2. The Bertz CT molecular complexity index is 534. The van der Waals surface area contributed by atoms with Crippen molar-refractivity contribution in [3.05, 3.63) is 28.2 Å².